The van der Waals surface area contributed by atoms with Gasteiger partial charge in [-0.25, -0.2) is 4.79 Å². The summed E-state index contributed by atoms with van der Waals surface area (Å²) < 4.78 is 6.60. The molecule has 0 fully saturated rings. The SMILES string of the molecule is CC(C)(C)c1cc(P(c2cc(C(C)(C)C)cc(C(C)(C)C)c2)c2ccc3ccccc3c2-c2c(OCC(=O)O)c(-c3ccccc3)cc3ccccc23)cc(C(C)(C)C)c1. The van der Waals surface area contributed by atoms with Gasteiger partial charge in [0.2, 0.25) is 0 Å². The van der Waals surface area contributed by atoms with Crippen LogP contribution < -0.4 is 20.7 Å². The molecule has 0 unspecified atom stereocenters. The fraction of sp³-hybridized carbons (Fsp3) is 0.304. The van der Waals surface area contributed by atoms with Crippen LogP contribution >= 0.6 is 7.92 Å². The summed E-state index contributed by atoms with van der Waals surface area (Å²) in [4.78, 5) is 12.4. The zero-order valence-corrected chi connectivity index (χ0v) is 38.5. The van der Waals surface area contributed by atoms with Crippen LogP contribution in [0.3, 0.4) is 0 Å². The first kappa shape index (κ1) is 42.9. The molecule has 7 aromatic carbocycles. The van der Waals surface area contributed by atoms with Gasteiger partial charge in [-0.3, -0.25) is 0 Å². The number of carbonyl (C=O) groups is 1. The van der Waals surface area contributed by atoms with E-state index in [9.17, 15) is 9.90 Å². The van der Waals surface area contributed by atoms with Crippen molar-refractivity contribution < 1.29 is 14.6 Å². The summed E-state index contributed by atoms with van der Waals surface area (Å²) in [5.41, 5.74) is 8.69. The van der Waals surface area contributed by atoms with Crippen LogP contribution in [-0.2, 0) is 26.5 Å². The minimum absolute atomic E-state index is 0.0921. The monoisotopic (exact) mass is 812 g/mol. The third-order valence-electron chi connectivity index (χ3n) is 11.6. The molecule has 0 radical (unpaired) electrons. The molecule has 0 aliphatic carbocycles. The van der Waals surface area contributed by atoms with E-state index in [1.54, 1.807) is 0 Å². The average molecular weight is 813 g/mol. The van der Waals surface area contributed by atoms with Gasteiger partial charge >= 0.3 is 5.97 Å². The summed E-state index contributed by atoms with van der Waals surface area (Å²) in [5, 5.41) is 18.3. The van der Waals surface area contributed by atoms with Crippen molar-refractivity contribution >= 4 is 51.3 Å². The van der Waals surface area contributed by atoms with E-state index in [1.165, 1.54) is 38.2 Å². The molecular formula is C56H61O3P. The molecule has 7 rings (SSSR count). The van der Waals surface area contributed by atoms with Gasteiger partial charge in [0, 0.05) is 16.7 Å². The van der Waals surface area contributed by atoms with Crippen molar-refractivity contribution in [2.45, 2.75) is 105 Å². The molecule has 3 nitrogen and oxygen atoms in total. The summed E-state index contributed by atoms with van der Waals surface area (Å²) in [7, 11) is -1.24. The summed E-state index contributed by atoms with van der Waals surface area (Å²) >= 11 is 0. The van der Waals surface area contributed by atoms with Gasteiger partial charge in [0.05, 0.1) is 0 Å². The van der Waals surface area contributed by atoms with Crippen molar-refractivity contribution in [2.75, 3.05) is 6.61 Å². The number of fused-ring (bicyclic) bond motifs is 2. The highest BCUT2D eigenvalue weighted by Crippen LogP contribution is 2.50. The number of hydrogen-bond donors (Lipinski definition) is 1. The Bertz CT molecular complexity index is 2570. The van der Waals surface area contributed by atoms with Gasteiger partial charge in [-0.2, -0.15) is 0 Å². The van der Waals surface area contributed by atoms with Gasteiger partial charge in [-0.1, -0.05) is 210 Å². The Morgan fingerprint density at radius 3 is 1.40 bits per heavy atom. The molecule has 308 valence electrons. The van der Waals surface area contributed by atoms with E-state index < -0.39 is 20.5 Å². The van der Waals surface area contributed by atoms with Gasteiger partial charge < -0.3 is 9.84 Å². The smallest absolute Gasteiger partial charge is 0.341 e. The molecule has 0 atom stereocenters. The van der Waals surface area contributed by atoms with E-state index in [1.807, 2.05) is 18.2 Å². The summed E-state index contributed by atoms with van der Waals surface area (Å²) in [6.45, 7) is 27.3. The Labute approximate surface area is 359 Å². The molecule has 4 heteroatoms. The standard InChI is InChI=1S/C56H61O3P/c1-53(2,3)39-29-40(54(4,5)6)32-43(31-39)60(44-33-41(55(7,8)9)30-42(34-44)56(10,11)12)48-27-26-37-22-16-18-24-45(37)50(48)51-46-25-19-17-23-38(46)28-47(36-20-14-13-15-21-36)52(51)59-35-49(57)58/h13-34H,35H2,1-12H3,(H,57,58). The molecule has 0 amide bonds. The third-order valence-corrected chi connectivity index (χ3v) is 14.0. The Balaban J connectivity index is 1.73. The predicted molar refractivity (Wildman–Crippen MR) is 259 cm³/mol. The lowest BCUT2D eigenvalue weighted by atomic mass is 9.81. The lowest BCUT2D eigenvalue weighted by Gasteiger charge is -2.32. The maximum Gasteiger partial charge on any atom is 0.341 e. The normalized spacial score (nSPS) is 12.7. The number of carboxylic acids is 1. The molecule has 0 aliphatic rings. The highest BCUT2D eigenvalue weighted by molar-refractivity contribution is 7.80. The second-order valence-corrected chi connectivity index (χ2v) is 22.6. The highest BCUT2D eigenvalue weighted by Gasteiger charge is 2.32. The zero-order chi connectivity index (χ0) is 43.4. The maximum atomic E-state index is 12.4. The van der Waals surface area contributed by atoms with Crippen molar-refractivity contribution in [3.8, 4) is 28.0 Å². The summed E-state index contributed by atoms with van der Waals surface area (Å²) in [6, 6.07) is 48.8. The molecule has 0 saturated heterocycles. The Morgan fingerprint density at radius 2 is 0.933 bits per heavy atom. The topological polar surface area (TPSA) is 46.5 Å². The Morgan fingerprint density at radius 1 is 0.500 bits per heavy atom. The zero-order valence-electron chi connectivity index (χ0n) is 37.6. The van der Waals surface area contributed by atoms with Crippen LogP contribution in [0.5, 0.6) is 5.75 Å². The van der Waals surface area contributed by atoms with Crippen LogP contribution in [0.25, 0.3) is 43.8 Å². The van der Waals surface area contributed by atoms with Crippen LogP contribution in [-0.4, -0.2) is 17.7 Å². The molecule has 7 aromatic rings. The number of hydrogen-bond acceptors (Lipinski definition) is 2. The Hall–Kier alpha value is -5.24. The lowest BCUT2D eigenvalue weighted by molar-refractivity contribution is -0.139. The largest absolute Gasteiger partial charge is 0.481 e. The van der Waals surface area contributed by atoms with Crippen molar-refractivity contribution in [2.24, 2.45) is 0 Å². The second-order valence-electron chi connectivity index (χ2n) is 20.5. The predicted octanol–water partition coefficient (Wildman–Crippen LogP) is 13.7. The van der Waals surface area contributed by atoms with Crippen LogP contribution in [0, 0.1) is 0 Å². The number of ether oxygens (including phenoxy) is 1. The van der Waals surface area contributed by atoms with E-state index in [-0.39, 0.29) is 21.7 Å². The third kappa shape index (κ3) is 8.80. The summed E-state index contributed by atoms with van der Waals surface area (Å²) in [5.74, 6) is -0.441. The molecule has 0 saturated carbocycles. The highest BCUT2D eigenvalue weighted by atomic mass is 31.1. The van der Waals surface area contributed by atoms with Crippen LogP contribution in [0.2, 0.25) is 0 Å². The van der Waals surface area contributed by atoms with E-state index in [4.69, 9.17) is 4.74 Å². The Kier molecular flexibility index (Phi) is 11.4. The summed E-state index contributed by atoms with van der Waals surface area (Å²) in [6.07, 6.45) is 0. The van der Waals surface area contributed by atoms with Crippen molar-refractivity contribution in [3.63, 3.8) is 0 Å². The molecule has 60 heavy (non-hydrogen) atoms. The van der Waals surface area contributed by atoms with Crippen molar-refractivity contribution in [1.82, 2.24) is 0 Å². The van der Waals surface area contributed by atoms with Crippen molar-refractivity contribution in [1.29, 1.82) is 0 Å². The number of aliphatic carboxylic acids is 1. The number of benzene rings is 7. The minimum atomic E-state index is -1.24. The molecule has 1 N–H and O–H groups in total. The number of rotatable bonds is 8. The molecule has 0 aromatic heterocycles. The quantitative estimate of drug-likeness (QED) is 0.156. The molecule has 0 spiro atoms. The van der Waals surface area contributed by atoms with Gasteiger partial charge in [-0.15, -0.1) is 0 Å². The molecule has 0 bridgehead atoms. The average Bonchev–Trinajstić information content (AvgIpc) is 3.18. The van der Waals surface area contributed by atoms with E-state index in [2.05, 4.69) is 198 Å². The van der Waals surface area contributed by atoms with Crippen LogP contribution in [0.4, 0.5) is 0 Å². The van der Waals surface area contributed by atoms with Gasteiger partial charge in [0.25, 0.3) is 0 Å². The fourth-order valence-electron chi connectivity index (χ4n) is 8.04. The van der Waals surface area contributed by atoms with E-state index >= 15 is 0 Å². The van der Waals surface area contributed by atoms with Gasteiger partial charge in [0.1, 0.15) is 5.75 Å². The molecule has 0 heterocycles. The minimum Gasteiger partial charge on any atom is -0.481 e. The number of carboxylic acid groups (broad SMARTS) is 1. The first-order chi connectivity index (χ1) is 28.1. The first-order valence-electron chi connectivity index (χ1n) is 21.2. The fourth-order valence-corrected chi connectivity index (χ4v) is 10.6. The van der Waals surface area contributed by atoms with Crippen molar-refractivity contribution in [3.05, 3.63) is 156 Å². The maximum absolute atomic E-state index is 12.4. The lowest BCUT2D eigenvalue weighted by Crippen LogP contribution is -2.28. The van der Waals surface area contributed by atoms with Gasteiger partial charge in [-0.05, 0) is 101 Å². The van der Waals surface area contributed by atoms with Crippen LogP contribution in [0.15, 0.2) is 133 Å². The first-order valence-corrected chi connectivity index (χ1v) is 22.6. The molecule has 0 aliphatic heterocycles. The second kappa shape index (κ2) is 16.0. The molecular weight excluding hydrogens is 752 g/mol. The van der Waals surface area contributed by atoms with E-state index in [0.717, 1.165) is 43.8 Å². The van der Waals surface area contributed by atoms with Gasteiger partial charge in [0.15, 0.2) is 6.61 Å². The van der Waals surface area contributed by atoms with Crippen LogP contribution in [0.1, 0.15) is 105 Å². The van der Waals surface area contributed by atoms with E-state index in [0.29, 0.717) is 5.75 Å².